The number of carboxylic acids is 1. The summed E-state index contributed by atoms with van der Waals surface area (Å²) in [6, 6.07) is 9.86. The Morgan fingerprint density at radius 2 is 1.55 bits per heavy atom. The fourth-order valence-corrected chi connectivity index (χ4v) is 6.34. The van der Waals surface area contributed by atoms with Gasteiger partial charge >= 0.3 is 5.97 Å². The smallest absolute Gasteiger partial charge is 0.307 e. The molecule has 2 aromatic rings. The molecule has 4 saturated carbocycles. The number of carbonyl (C=O) groups is 3. The van der Waals surface area contributed by atoms with Crippen molar-refractivity contribution in [3.8, 4) is 11.1 Å². The maximum absolute atomic E-state index is 13.3. The number of benzene rings is 1. The molecule has 4 aliphatic carbocycles. The van der Waals surface area contributed by atoms with Crippen LogP contribution in [0.5, 0.6) is 0 Å². The molecule has 4 aliphatic rings. The highest BCUT2D eigenvalue weighted by molar-refractivity contribution is 7.15. The molecule has 2 amide bonds. The molecule has 0 spiro atoms. The van der Waals surface area contributed by atoms with Crippen molar-refractivity contribution in [2.75, 3.05) is 5.32 Å². The van der Waals surface area contributed by atoms with Crippen molar-refractivity contribution in [1.29, 1.82) is 0 Å². The van der Waals surface area contributed by atoms with Crippen LogP contribution in [0.1, 0.15) is 48.9 Å². The molecule has 162 valence electrons. The second-order valence-corrected chi connectivity index (χ2v) is 9.90. The van der Waals surface area contributed by atoms with Crippen LogP contribution in [0.3, 0.4) is 0 Å². The molecule has 0 radical (unpaired) electrons. The highest BCUT2D eigenvalue weighted by atomic mass is 32.1. The second-order valence-electron chi connectivity index (χ2n) is 9.02. The van der Waals surface area contributed by atoms with Gasteiger partial charge in [-0.3, -0.25) is 14.4 Å². The van der Waals surface area contributed by atoms with E-state index in [1.54, 1.807) is 0 Å². The Morgan fingerprint density at radius 1 is 0.903 bits per heavy atom. The van der Waals surface area contributed by atoms with Crippen LogP contribution in [0.2, 0.25) is 0 Å². The van der Waals surface area contributed by atoms with Gasteiger partial charge in [-0.05, 0) is 55.9 Å². The van der Waals surface area contributed by atoms with Gasteiger partial charge < -0.3 is 15.7 Å². The van der Waals surface area contributed by atoms with Gasteiger partial charge in [0.25, 0.3) is 5.91 Å². The van der Waals surface area contributed by atoms with Crippen LogP contribution in [0.4, 0.5) is 5.00 Å². The Kier molecular flexibility index (Phi) is 5.30. The Labute approximate surface area is 185 Å². The number of amides is 2. The zero-order valence-corrected chi connectivity index (χ0v) is 18.0. The van der Waals surface area contributed by atoms with Crippen LogP contribution in [-0.2, 0) is 9.59 Å². The SMILES string of the molecule is O=C(NC1CC1)c1c(-c2ccccc2)csc1NC(=O)[C@@H]1C2CCC(CC2)[C@H]1C(=O)O. The summed E-state index contributed by atoms with van der Waals surface area (Å²) in [4.78, 5) is 38.4. The van der Waals surface area contributed by atoms with E-state index in [2.05, 4.69) is 10.6 Å². The van der Waals surface area contributed by atoms with Gasteiger partial charge in [0.15, 0.2) is 0 Å². The molecule has 6 nitrogen and oxygen atoms in total. The van der Waals surface area contributed by atoms with Gasteiger partial charge in [-0.25, -0.2) is 0 Å². The van der Waals surface area contributed by atoms with Gasteiger partial charge in [-0.15, -0.1) is 11.3 Å². The molecule has 0 aliphatic heterocycles. The number of carboxylic acid groups (broad SMARTS) is 1. The maximum atomic E-state index is 13.3. The molecule has 6 rings (SSSR count). The minimum absolute atomic E-state index is 0.0686. The molecule has 0 saturated heterocycles. The van der Waals surface area contributed by atoms with Crippen LogP contribution >= 0.6 is 11.3 Å². The maximum Gasteiger partial charge on any atom is 0.307 e. The Hall–Kier alpha value is -2.67. The van der Waals surface area contributed by atoms with E-state index in [0.29, 0.717) is 10.6 Å². The van der Waals surface area contributed by atoms with E-state index in [1.807, 2.05) is 35.7 Å². The minimum Gasteiger partial charge on any atom is -0.481 e. The molecule has 0 unspecified atom stereocenters. The van der Waals surface area contributed by atoms with Crippen LogP contribution < -0.4 is 10.6 Å². The summed E-state index contributed by atoms with van der Waals surface area (Å²) in [6.07, 6.45) is 5.53. The third-order valence-electron chi connectivity index (χ3n) is 7.06. The summed E-state index contributed by atoms with van der Waals surface area (Å²) >= 11 is 1.33. The average molecular weight is 439 g/mol. The molecule has 1 heterocycles. The molecule has 1 aromatic carbocycles. The molecule has 4 fully saturated rings. The summed E-state index contributed by atoms with van der Waals surface area (Å²) in [7, 11) is 0. The molecule has 1 aromatic heterocycles. The third-order valence-corrected chi connectivity index (χ3v) is 7.95. The van der Waals surface area contributed by atoms with E-state index in [-0.39, 0.29) is 29.7 Å². The molecule has 2 atom stereocenters. The van der Waals surface area contributed by atoms with Crippen LogP contribution in [0.25, 0.3) is 11.1 Å². The predicted molar refractivity (Wildman–Crippen MR) is 119 cm³/mol. The zero-order chi connectivity index (χ0) is 21.5. The monoisotopic (exact) mass is 438 g/mol. The fraction of sp³-hybridized carbons (Fsp3) is 0.458. The quantitative estimate of drug-likeness (QED) is 0.624. The standard InChI is InChI=1S/C24H26N2O4S/c27-21(18-14-6-8-15(9-7-14)19(18)24(29)30)26-23-20(22(28)25-16-10-11-16)17(12-31-23)13-4-2-1-3-5-13/h1-5,12,14-16,18-19H,6-11H2,(H,25,28)(H,26,27)(H,29,30)/t14?,15?,18-,19-/m1/s1. The van der Waals surface area contributed by atoms with Crippen molar-refractivity contribution < 1.29 is 19.5 Å². The summed E-state index contributed by atoms with van der Waals surface area (Å²) in [5.74, 6) is -2.32. The molecule has 7 heteroatoms. The van der Waals surface area contributed by atoms with Crippen LogP contribution in [0.15, 0.2) is 35.7 Å². The Morgan fingerprint density at radius 3 is 2.16 bits per heavy atom. The van der Waals surface area contributed by atoms with Crippen LogP contribution in [0, 0.1) is 23.7 Å². The lowest BCUT2D eigenvalue weighted by atomic mass is 9.58. The van der Waals surface area contributed by atoms with Gasteiger partial charge in [0.05, 0.1) is 17.4 Å². The highest BCUT2D eigenvalue weighted by Crippen LogP contribution is 2.49. The molecular formula is C24H26N2O4S. The number of thiophene rings is 1. The lowest BCUT2D eigenvalue weighted by Gasteiger charge is -2.45. The van der Waals surface area contributed by atoms with Crippen molar-refractivity contribution in [1.82, 2.24) is 5.32 Å². The van der Waals surface area contributed by atoms with Gasteiger partial charge in [0.1, 0.15) is 5.00 Å². The Balaban J connectivity index is 1.45. The molecule has 31 heavy (non-hydrogen) atoms. The third kappa shape index (κ3) is 3.87. The first kappa shape index (κ1) is 20.2. The van der Waals surface area contributed by atoms with E-state index < -0.39 is 17.8 Å². The second kappa shape index (κ2) is 8.11. The van der Waals surface area contributed by atoms with Gasteiger partial charge in [0, 0.05) is 17.0 Å². The first-order valence-corrected chi connectivity index (χ1v) is 11.9. The topological polar surface area (TPSA) is 95.5 Å². The number of anilines is 1. The molecule has 2 bridgehead atoms. The van der Waals surface area contributed by atoms with Crippen molar-refractivity contribution >= 4 is 34.1 Å². The number of nitrogens with one attached hydrogen (secondary N) is 2. The first-order valence-electron chi connectivity index (χ1n) is 11.0. The summed E-state index contributed by atoms with van der Waals surface area (Å²) in [6.45, 7) is 0. The number of aliphatic carboxylic acids is 1. The van der Waals surface area contributed by atoms with Crippen molar-refractivity contribution in [3.05, 3.63) is 41.3 Å². The van der Waals surface area contributed by atoms with E-state index >= 15 is 0 Å². The largest absolute Gasteiger partial charge is 0.481 e. The van der Waals surface area contributed by atoms with Crippen molar-refractivity contribution in [3.63, 3.8) is 0 Å². The van der Waals surface area contributed by atoms with Gasteiger partial charge in [-0.1, -0.05) is 30.3 Å². The molecular weight excluding hydrogens is 412 g/mol. The highest BCUT2D eigenvalue weighted by Gasteiger charge is 2.50. The first-order chi connectivity index (χ1) is 15.0. The fourth-order valence-electron chi connectivity index (χ4n) is 5.37. The zero-order valence-electron chi connectivity index (χ0n) is 17.2. The number of fused-ring (bicyclic) bond motifs is 3. The average Bonchev–Trinajstić information content (AvgIpc) is 3.50. The number of rotatable bonds is 6. The number of carbonyl (C=O) groups excluding carboxylic acids is 2. The van der Waals surface area contributed by atoms with Crippen molar-refractivity contribution in [2.24, 2.45) is 23.7 Å². The molecule has 3 N–H and O–H groups in total. The van der Waals surface area contributed by atoms with Gasteiger partial charge in [0.2, 0.25) is 5.91 Å². The Bertz CT molecular complexity index is 1010. The van der Waals surface area contributed by atoms with Gasteiger partial charge in [-0.2, -0.15) is 0 Å². The van der Waals surface area contributed by atoms with E-state index in [4.69, 9.17) is 0 Å². The van der Waals surface area contributed by atoms with Crippen molar-refractivity contribution in [2.45, 2.75) is 44.6 Å². The van der Waals surface area contributed by atoms with Crippen LogP contribution in [-0.4, -0.2) is 28.9 Å². The van der Waals surface area contributed by atoms with E-state index in [1.165, 1.54) is 11.3 Å². The van der Waals surface area contributed by atoms with E-state index in [9.17, 15) is 19.5 Å². The van der Waals surface area contributed by atoms with E-state index in [0.717, 1.165) is 49.7 Å². The summed E-state index contributed by atoms with van der Waals surface area (Å²) in [5, 5.41) is 18.2. The lowest BCUT2D eigenvalue weighted by Crippen LogP contribution is -2.49. The number of hydrogen-bond acceptors (Lipinski definition) is 4. The summed E-state index contributed by atoms with van der Waals surface area (Å²) < 4.78 is 0. The normalized spacial score (nSPS) is 27.0. The minimum atomic E-state index is -0.877. The predicted octanol–water partition coefficient (Wildman–Crippen LogP) is 4.38. The number of hydrogen-bond donors (Lipinski definition) is 3. The lowest BCUT2D eigenvalue weighted by molar-refractivity contribution is -0.156. The summed E-state index contributed by atoms with van der Waals surface area (Å²) in [5.41, 5.74) is 2.18.